The SMILES string of the molecule is Oc1ccc2nnc(-c3ccccc3Cl)n2c1. The number of benzene rings is 1. The third-order valence-corrected chi connectivity index (χ3v) is 2.83. The number of fused-ring (bicyclic) bond motifs is 1. The van der Waals surface area contributed by atoms with E-state index in [4.69, 9.17) is 11.6 Å². The largest absolute Gasteiger partial charge is 0.506 e. The molecule has 0 saturated carbocycles. The van der Waals surface area contributed by atoms with Crippen molar-refractivity contribution >= 4 is 17.2 Å². The smallest absolute Gasteiger partial charge is 0.169 e. The predicted octanol–water partition coefficient (Wildman–Crippen LogP) is 2.76. The van der Waals surface area contributed by atoms with E-state index in [0.717, 1.165) is 5.56 Å². The van der Waals surface area contributed by atoms with E-state index in [2.05, 4.69) is 10.2 Å². The summed E-state index contributed by atoms with van der Waals surface area (Å²) in [5.41, 5.74) is 1.45. The van der Waals surface area contributed by atoms with Gasteiger partial charge in [0.15, 0.2) is 11.5 Å². The molecule has 0 aliphatic rings. The van der Waals surface area contributed by atoms with E-state index in [1.165, 1.54) is 0 Å². The zero-order chi connectivity index (χ0) is 11.8. The Balaban J connectivity index is 2.31. The zero-order valence-electron chi connectivity index (χ0n) is 8.71. The summed E-state index contributed by atoms with van der Waals surface area (Å²) in [6, 6.07) is 10.7. The van der Waals surface area contributed by atoms with Crippen molar-refractivity contribution in [2.75, 3.05) is 0 Å². The second-order valence-corrected chi connectivity index (χ2v) is 4.03. The number of pyridine rings is 1. The van der Waals surface area contributed by atoms with Crippen molar-refractivity contribution in [1.82, 2.24) is 14.6 Å². The lowest BCUT2D eigenvalue weighted by molar-refractivity contribution is 0.472. The Labute approximate surface area is 102 Å². The average molecular weight is 246 g/mol. The Morgan fingerprint density at radius 3 is 2.71 bits per heavy atom. The highest BCUT2D eigenvalue weighted by atomic mass is 35.5. The number of halogens is 1. The Morgan fingerprint density at radius 1 is 1.06 bits per heavy atom. The first-order valence-corrected chi connectivity index (χ1v) is 5.42. The Bertz CT molecular complexity index is 693. The summed E-state index contributed by atoms with van der Waals surface area (Å²) in [5.74, 6) is 0.770. The second kappa shape index (κ2) is 3.75. The van der Waals surface area contributed by atoms with Crippen LogP contribution in [0.2, 0.25) is 5.02 Å². The van der Waals surface area contributed by atoms with Gasteiger partial charge in [-0.3, -0.25) is 4.40 Å². The monoisotopic (exact) mass is 245 g/mol. The van der Waals surface area contributed by atoms with Crippen molar-refractivity contribution in [2.45, 2.75) is 0 Å². The minimum Gasteiger partial charge on any atom is -0.506 e. The summed E-state index contributed by atoms with van der Waals surface area (Å²) in [6.07, 6.45) is 1.56. The molecule has 17 heavy (non-hydrogen) atoms. The Morgan fingerprint density at radius 2 is 1.88 bits per heavy atom. The molecule has 2 aromatic heterocycles. The van der Waals surface area contributed by atoms with E-state index in [0.29, 0.717) is 16.5 Å². The summed E-state index contributed by atoms with van der Waals surface area (Å²) < 4.78 is 1.70. The molecule has 0 saturated heterocycles. The van der Waals surface area contributed by atoms with Crippen LogP contribution in [0.15, 0.2) is 42.6 Å². The minimum absolute atomic E-state index is 0.158. The van der Waals surface area contributed by atoms with Crippen molar-refractivity contribution < 1.29 is 5.11 Å². The first-order chi connectivity index (χ1) is 8.25. The van der Waals surface area contributed by atoms with Crippen molar-refractivity contribution in [3.8, 4) is 17.1 Å². The number of nitrogens with zero attached hydrogens (tertiary/aromatic N) is 3. The van der Waals surface area contributed by atoms with Crippen LogP contribution < -0.4 is 0 Å². The lowest BCUT2D eigenvalue weighted by Gasteiger charge is -2.02. The maximum Gasteiger partial charge on any atom is 0.169 e. The summed E-state index contributed by atoms with van der Waals surface area (Å²) in [7, 11) is 0. The number of aromatic nitrogens is 3. The van der Waals surface area contributed by atoms with Gasteiger partial charge in [-0.15, -0.1) is 10.2 Å². The van der Waals surface area contributed by atoms with Crippen molar-refractivity contribution in [3.63, 3.8) is 0 Å². The topological polar surface area (TPSA) is 50.4 Å². The van der Waals surface area contributed by atoms with Gasteiger partial charge in [0.1, 0.15) is 5.75 Å². The molecule has 1 aromatic carbocycles. The Hall–Kier alpha value is -2.07. The highest BCUT2D eigenvalue weighted by molar-refractivity contribution is 6.33. The molecule has 0 atom stereocenters. The molecule has 0 aliphatic heterocycles. The third kappa shape index (κ3) is 1.62. The van der Waals surface area contributed by atoms with E-state index in [1.54, 1.807) is 28.8 Å². The molecule has 0 aliphatic carbocycles. The lowest BCUT2D eigenvalue weighted by Crippen LogP contribution is -1.89. The third-order valence-electron chi connectivity index (χ3n) is 2.50. The van der Waals surface area contributed by atoms with E-state index in [-0.39, 0.29) is 5.75 Å². The van der Waals surface area contributed by atoms with Crippen LogP contribution in [0.25, 0.3) is 17.0 Å². The molecule has 3 aromatic rings. The molecule has 0 fully saturated rings. The number of rotatable bonds is 1. The molecule has 0 amide bonds. The highest BCUT2D eigenvalue weighted by Gasteiger charge is 2.10. The maximum atomic E-state index is 9.48. The van der Waals surface area contributed by atoms with Gasteiger partial charge in [0, 0.05) is 5.56 Å². The standard InChI is InChI=1S/C12H8ClN3O/c13-10-4-2-1-3-9(10)12-15-14-11-6-5-8(17)7-16(11)12/h1-7,17H. The molecule has 2 heterocycles. The van der Waals surface area contributed by atoms with Crippen molar-refractivity contribution in [2.24, 2.45) is 0 Å². The molecule has 0 spiro atoms. The van der Waals surface area contributed by atoms with Crippen LogP contribution in [-0.2, 0) is 0 Å². The molecular formula is C12H8ClN3O. The summed E-state index contributed by atoms with van der Waals surface area (Å²) in [5, 5.41) is 18.2. The van der Waals surface area contributed by atoms with Crippen LogP contribution in [-0.4, -0.2) is 19.7 Å². The van der Waals surface area contributed by atoms with Crippen molar-refractivity contribution in [1.29, 1.82) is 0 Å². The molecule has 1 N–H and O–H groups in total. The summed E-state index contributed by atoms with van der Waals surface area (Å²) in [4.78, 5) is 0. The first kappa shape index (κ1) is 10.1. The molecule has 4 nitrogen and oxygen atoms in total. The van der Waals surface area contributed by atoms with Gasteiger partial charge in [0.05, 0.1) is 11.2 Å². The van der Waals surface area contributed by atoms with E-state index >= 15 is 0 Å². The van der Waals surface area contributed by atoms with Crippen LogP contribution >= 0.6 is 11.6 Å². The number of hydrogen-bond acceptors (Lipinski definition) is 3. The fraction of sp³-hybridized carbons (Fsp3) is 0. The fourth-order valence-corrected chi connectivity index (χ4v) is 1.93. The van der Waals surface area contributed by atoms with Crippen LogP contribution in [0.5, 0.6) is 5.75 Å². The minimum atomic E-state index is 0.158. The van der Waals surface area contributed by atoms with Crippen LogP contribution in [0.4, 0.5) is 0 Å². The van der Waals surface area contributed by atoms with E-state index in [9.17, 15) is 5.11 Å². The molecule has 3 rings (SSSR count). The zero-order valence-corrected chi connectivity index (χ0v) is 9.46. The second-order valence-electron chi connectivity index (χ2n) is 3.62. The lowest BCUT2D eigenvalue weighted by atomic mass is 10.2. The number of aromatic hydroxyl groups is 1. The molecule has 0 bridgehead atoms. The molecule has 0 radical (unpaired) electrons. The van der Waals surface area contributed by atoms with Gasteiger partial charge in [-0.1, -0.05) is 23.7 Å². The van der Waals surface area contributed by atoms with Gasteiger partial charge in [-0.2, -0.15) is 0 Å². The van der Waals surface area contributed by atoms with Crippen LogP contribution in [0.3, 0.4) is 0 Å². The van der Waals surface area contributed by atoms with Crippen molar-refractivity contribution in [3.05, 3.63) is 47.6 Å². The summed E-state index contributed by atoms with van der Waals surface area (Å²) in [6.45, 7) is 0. The maximum absolute atomic E-state index is 9.48. The summed E-state index contributed by atoms with van der Waals surface area (Å²) >= 11 is 6.11. The first-order valence-electron chi connectivity index (χ1n) is 5.04. The van der Waals surface area contributed by atoms with E-state index < -0.39 is 0 Å². The predicted molar refractivity (Wildman–Crippen MR) is 65.1 cm³/mol. The average Bonchev–Trinajstić information content (AvgIpc) is 2.72. The van der Waals surface area contributed by atoms with Gasteiger partial charge in [-0.25, -0.2) is 0 Å². The Kier molecular flexibility index (Phi) is 2.23. The molecular weight excluding hydrogens is 238 g/mol. The van der Waals surface area contributed by atoms with Gasteiger partial charge in [0.25, 0.3) is 0 Å². The normalized spacial score (nSPS) is 10.9. The number of hydrogen-bond donors (Lipinski definition) is 1. The quantitative estimate of drug-likeness (QED) is 0.717. The van der Waals surface area contributed by atoms with Gasteiger partial charge in [0.2, 0.25) is 0 Å². The van der Waals surface area contributed by atoms with Crippen LogP contribution in [0, 0.1) is 0 Å². The highest BCUT2D eigenvalue weighted by Crippen LogP contribution is 2.27. The van der Waals surface area contributed by atoms with Gasteiger partial charge in [-0.05, 0) is 24.3 Å². The molecule has 5 heteroatoms. The molecule has 0 unspecified atom stereocenters. The van der Waals surface area contributed by atoms with E-state index in [1.807, 2.05) is 18.2 Å². The van der Waals surface area contributed by atoms with Gasteiger partial charge < -0.3 is 5.11 Å². The van der Waals surface area contributed by atoms with Crippen LogP contribution in [0.1, 0.15) is 0 Å². The van der Waals surface area contributed by atoms with Gasteiger partial charge >= 0.3 is 0 Å². The molecule has 84 valence electrons. The fourth-order valence-electron chi connectivity index (χ4n) is 1.71.